The molecule has 0 bridgehead atoms. The van der Waals surface area contributed by atoms with Crippen molar-refractivity contribution in [3.8, 4) is 23.0 Å². The van der Waals surface area contributed by atoms with Gasteiger partial charge in [-0.2, -0.15) is 0 Å². The smallest absolute Gasteiger partial charge is 0.339 e. The van der Waals surface area contributed by atoms with Crippen LogP contribution in [0.1, 0.15) is 17.2 Å². The monoisotopic (exact) mass is 446 g/mol. The molecule has 0 aromatic heterocycles. The normalized spacial score (nSPS) is 22.5. The van der Waals surface area contributed by atoms with Gasteiger partial charge in [0.25, 0.3) is 0 Å². The van der Waals surface area contributed by atoms with Gasteiger partial charge in [0.2, 0.25) is 6.79 Å². The van der Waals surface area contributed by atoms with E-state index < -0.39 is 23.6 Å². The van der Waals surface area contributed by atoms with Crippen molar-refractivity contribution in [3.63, 3.8) is 0 Å². The lowest BCUT2D eigenvalue weighted by Gasteiger charge is -2.32. The third kappa shape index (κ3) is 4.06. The van der Waals surface area contributed by atoms with E-state index in [0.717, 1.165) is 0 Å². The third-order valence-electron chi connectivity index (χ3n) is 5.74. The molecule has 9 nitrogen and oxygen atoms in total. The Morgan fingerprint density at radius 1 is 1.03 bits per heavy atom. The number of methoxy groups -OCH3 is 3. The van der Waals surface area contributed by atoms with Crippen LogP contribution in [0.15, 0.2) is 36.4 Å². The first-order valence-electron chi connectivity index (χ1n) is 10.1. The second-order valence-electron chi connectivity index (χ2n) is 7.60. The molecular formula is C23H26O9. The van der Waals surface area contributed by atoms with Crippen LogP contribution in [-0.4, -0.2) is 58.2 Å². The largest absolute Gasteiger partial charge is 0.493 e. The zero-order valence-corrected chi connectivity index (χ0v) is 18.2. The minimum Gasteiger partial charge on any atom is -0.493 e. The second kappa shape index (κ2) is 9.23. The Hall–Kier alpha value is -3.01. The Morgan fingerprint density at radius 2 is 1.81 bits per heavy atom. The van der Waals surface area contributed by atoms with Gasteiger partial charge in [0.1, 0.15) is 13.4 Å². The number of carbonyl (C=O) groups excluding carboxylic acids is 1. The van der Waals surface area contributed by atoms with Crippen molar-refractivity contribution < 1.29 is 43.1 Å². The first-order chi connectivity index (χ1) is 15.5. The molecule has 1 saturated heterocycles. The average molecular weight is 446 g/mol. The highest BCUT2D eigenvalue weighted by Crippen LogP contribution is 2.43. The van der Waals surface area contributed by atoms with Gasteiger partial charge in [-0.1, -0.05) is 12.1 Å². The molecule has 0 radical (unpaired) electrons. The number of fused-ring (bicyclic) bond motifs is 1. The van der Waals surface area contributed by atoms with Gasteiger partial charge in [-0.25, -0.2) is 4.79 Å². The van der Waals surface area contributed by atoms with Crippen LogP contribution in [-0.2, 0) is 25.4 Å². The van der Waals surface area contributed by atoms with Crippen LogP contribution in [0.3, 0.4) is 0 Å². The summed E-state index contributed by atoms with van der Waals surface area (Å²) in [6.07, 6.45) is -0.687. The molecule has 2 aromatic carbocycles. The maximum absolute atomic E-state index is 12.7. The van der Waals surface area contributed by atoms with Crippen molar-refractivity contribution in [2.75, 3.05) is 41.5 Å². The van der Waals surface area contributed by atoms with Gasteiger partial charge in [0, 0.05) is 13.5 Å². The minimum atomic E-state index is -1.82. The lowest BCUT2D eigenvalue weighted by atomic mass is 9.79. The van der Waals surface area contributed by atoms with Crippen molar-refractivity contribution >= 4 is 5.97 Å². The van der Waals surface area contributed by atoms with Crippen LogP contribution in [0.4, 0.5) is 0 Å². The predicted octanol–water partition coefficient (Wildman–Crippen LogP) is 2.24. The Morgan fingerprint density at radius 3 is 2.56 bits per heavy atom. The number of cyclic esters (lactones) is 1. The van der Waals surface area contributed by atoms with Gasteiger partial charge in [-0.15, -0.1) is 0 Å². The zero-order chi connectivity index (χ0) is 22.7. The molecule has 0 unspecified atom stereocenters. The minimum absolute atomic E-state index is 0.0113. The summed E-state index contributed by atoms with van der Waals surface area (Å²) in [7, 11) is 4.58. The van der Waals surface area contributed by atoms with Gasteiger partial charge in [-0.3, -0.25) is 0 Å². The molecule has 2 aromatic rings. The fourth-order valence-corrected chi connectivity index (χ4v) is 4.10. The summed E-state index contributed by atoms with van der Waals surface area (Å²) >= 11 is 0. The van der Waals surface area contributed by atoms with Crippen molar-refractivity contribution in [3.05, 3.63) is 47.5 Å². The molecule has 2 aliphatic rings. The number of hydrogen-bond acceptors (Lipinski definition) is 9. The van der Waals surface area contributed by atoms with Gasteiger partial charge < -0.3 is 38.3 Å². The Kier molecular flexibility index (Phi) is 6.40. The molecule has 0 aliphatic carbocycles. The van der Waals surface area contributed by atoms with Crippen molar-refractivity contribution in [1.29, 1.82) is 0 Å². The molecule has 0 saturated carbocycles. The molecule has 9 heteroatoms. The summed E-state index contributed by atoms with van der Waals surface area (Å²) in [5.41, 5.74) is -0.426. The summed E-state index contributed by atoms with van der Waals surface area (Å²) in [6.45, 7) is 0.0897. The number of rotatable bonds is 9. The quantitative estimate of drug-likeness (QED) is 0.459. The van der Waals surface area contributed by atoms with E-state index in [9.17, 15) is 9.90 Å². The first kappa shape index (κ1) is 22.2. The molecule has 172 valence electrons. The van der Waals surface area contributed by atoms with E-state index in [2.05, 4.69) is 0 Å². The van der Waals surface area contributed by atoms with Crippen molar-refractivity contribution in [2.45, 2.75) is 18.1 Å². The van der Waals surface area contributed by atoms with Gasteiger partial charge in [-0.05, 0) is 35.4 Å². The molecule has 2 aliphatic heterocycles. The molecule has 0 amide bonds. The second-order valence-corrected chi connectivity index (χ2v) is 7.60. The molecule has 2 heterocycles. The molecule has 3 atom stereocenters. The fourth-order valence-electron chi connectivity index (χ4n) is 4.10. The van der Waals surface area contributed by atoms with E-state index in [1.807, 2.05) is 0 Å². The molecular weight excluding hydrogens is 420 g/mol. The molecule has 1 N–H and O–H groups in total. The topological polar surface area (TPSA) is 102 Å². The van der Waals surface area contributed by atoms with Crippen molar-refractivity contribution in [1.82, 2.24) is 0 Å². The van der Waals surface area contributed by atoms with Crippen LogP contribution in [0, 0.1) is 5.92 Å². The van der Waals surface area contributed by atoms with E-state index in [1.165, 1.54) is 14.2 Å². The van der Waals surface area contributed by atoms with Crippen LogP contribution >= 0.6 is 0 Å². The lowest BCUT2D eigenvalue weighted by molar-refractivity contribution is -0.159. The van der Waals surface area contributed by atoms with Gasteiger partial charge in [0.05, 0.1) is 26.2 Å². The Bertz CT molecular complexity index is 976. The fraction of sp³-hybridized carbons (Fsp3) is 0.435. The first-order valence-corrected chi connectivity index (χ1v) is 10.1. The summed E-state index contributed by atoms with van der Waals surface area (Å²) in [5.74, 6) is 0.844. The maximum atomic E-state index is 12.7. The highest BCUT2D eigenvalue weighted by molar-refractivity contribution is 5.82. The van der Waals surface area contributed by atoms with Gasteiger partial charge in [0.15, 0.2) is 28.6 Å². The van der Waals surface area contributed by atoms with Crippen LogP contribution in [0.5, 0.6) is 23.0 Å². The van der Waals surface area contributed by atoms with E-state index in [-0.39, 0.29) is 26.6 Å². The highest BCUT2D eigenvalue weighted by atomic mass is 16.7. The van der Waals surface area contributed by atoms with Crippen molar-refractivity contribution in [2.24, 2.45) is 5.92 Å². The zero-order valence-electron chi connectivity index (χ0n) is 18.2. The number of ether oxygens (including phenoxy) is 7. The Balaban J connectivity index is 1.67. The summed E-state index contributed by atoms with van der Waals surface area (Å²) in [5, 5.41) is 11.6. The number of aliphatic hydroxyl groups is 1. The van der Waals surface area contributed by atoms with Crippen LogP contribution in [0.2, 0.25) is 0 Å². The number of esters is 1. The number of hydrogen-bond donors (Lipinski definition) is 1. The summed E-state index contributed by atoms with van der Waals surface area (Å²) in [4.78, 5) is 12.7. The third-order valence-corrected chi connectivity index (χ3v) is 5.74. The number of carbonyl (C=O) groups is 1. The lowest BCUT2D eigenvalue weighted by Crippen LogP contribution is -2.46. The van der Waals surface area contributed by atoms with Gasteiger partial charge >= 0.3 is 5.97 Å². The van der Waals surface area contributed by atoms with E-state index in [0.29, 0.717) is 34.1 Å². The molecule has 4 rings (SSSR count). The SMILES string of the molecule is COCO[C@H](c1ccc(OC)c(OC)c1)[C@H]1COC(=O)[C@]1(O)Cc1ccc2c(c1)OCO2. The van der Waals surface area contributed by atoms with E-state index in [4.69, 9.17) is 33.2 Å². The van der Waals surface area contributed by atoms with Crippen LogP contribution in [0.25, 0.3) is 0 Å². The number of benzene rings is 2. The molecule has 0 spiro atoms. The Labute approximate surface area is 185 Å². The molecule has 1 fully saturated rings. The summed E-state index contributed by atoms with van der Waals surface area (Å²) in [6, 6.07) is 10.6. The maximum Gasteiger partial charge on any atom is 0.339 e. The predicted molar refractivity (Wildman–Crippen MR) is 111 cm³/mol. The van der Waals surface area contributed by atoms with Crippen LogP contribution < -0.4 is 18.9 Å². The molecule has 32 heavy (non-hydrogen) atoms. The summed E-state index contributed by atoms with van der Waals surface area (Å²) < 4.78 is 37.8. The average Bonchev–Trinajstić information content (AvgIpc) is 3.38. The van der Waals surface area contributed by atoms with E-state index in [1.54, 1.807) is 43.5 Å². The van der Waals surface area contributed by atoms with E-state index >= 15 is 0 Å². The standard InChI is InChI=1S/C23H26O9/c1-26-12-32-21(15-5-7-17(27-2)19(9-15)28-3)16-11-29-22(24)23(16,25)10-14-4-6-18-20(8-14)31-13-30-18/h4-9,16,21,25H,10-13H2,1-3H3/t16-,21-,23+/m1/s1. The highest BCUT2D eigenvalue weighted by Gasteiger charge is 2.55.